The highest BCUT2D eigenvalue weighted by Crippen LogP contribution is 2.16. The first kappa shape index (κ1) is 15.6. The van der Waals surface area contributed by atoms with Gasteiger partial charge in [0, 0.05) is 20.2 Å². The molecule has 0 amide bonds. The SMILES string of the molecule is C=CCN(CCOC)S(=O)(=O)CC1CCNCC1. The first-order valence-corrected chi connectivity index (χ1v) is 7.99. The summed E-state index contributed by atoms with van der Waals surface area (Å²) < 4.78 is 31.0. The van der Waals surface area contributed by atoms with E-state index in [1.807, 2.05) is 0 Å². The van der Waals surface area contributed by atoms with Gasteiger partial charge in [-0.25, -0.2) is 8.42 Å². The van der Waals surface area contributed by atoms with Crippen molar-refractivity contribution in [3.05, 3.63) is 12.7 Å². The second-order valence-corrected chi connectivity index (χ2v) is 6.62. The summed E-state index contributed by atoms with van der Waals surface area (Å²) in [6.07, 6.45) is 3.49. The van der Waals surface area contributed by atoms with E-state index in [4.69, 9.17) is 4.74 Å². The van der Waals surface area contributed by atoms with Gasteiger partial charge >= 0.3 is 0 Å². The zero-order chi connectivity index (χ0) is 13.4. The van der Waals surface area contributed by atoms with E-state index < -0.39 is 10.0 Å². The number of hydrogen-bond acceptors (Lipinski definition) is 4. The molecule has 0 radical (unpaired) electrons. The molecule has 0 saturated carbocycles. The highest BCUT2D eigenvalue weighted by Gasteiger charge is 2.26. The Kier molecular flexibility index (Phi) is 6.85. The van der Waals surface area contributed by atoms with Crippen LogP contribution in [0.5, 0.6) is 0 Å². The topological polar surface area (TPSA) is 58.6 Å². The van der Waals surface area contributed by atoms with Crippen LogP contribution in [0.4, 0.5) is 0 Å². The van der Waals surface area contributed by atoms with E-state index in [0.29, 0.717) is 19.7 Å². The van der Waals surface area contributed by atoms with E-state index in [-0.39, 0.29) is 11.7 Å². The van der Waals surface area contributed by atoms with Crippen molar-refractivity contribution in [1.82, 2.24) is 9.62 Å². The number of piperidine rings is 1. The molecular weight excluding hydrogens is 252 g/mol. The zero-order valence-electron chi connectivity index (χ0n) is 11.1. The molecule has 18 heavy (non-hydrogen) atoms. The lowest BCUT2D eigenvalue weighted by Gasteiger charge is -2.26. The normalized spacial score (nSPS) is 18.1. The maximum Gasteiger partial charge on any atom is 0.214 e. The molecule has 6 heteroatoms. The van der Waals surface area contributed by atoms with Gasteiger partial charge in [0.1, 0.15) is 0 Å². The molecule has 0 aliphatic carbocycles. The summed E-state index contributed by atoms with van der Waals surface area (Å²) in [7, 11) is -1.63. The van der Waals surface area contributed by atoms with Crippen LogP contribution in [0.3, 0.4) is 0 Å². The average molecular weight is 276 g/mol. The molecule has 1 fully saturated rings. The molecule has 5 nitrogen and oxygen atoms in total. The number of nitrogens with one attached hydrogen (secondary N) is 1. The van der Waals surface area contributed by atoms with Crippen molar-refractivity contribution in [3.8, 4) is 0 Å². The minimum absolute atomic E-state index is 0.242. The number of ether oxygens (including phenoxy) is 1. The molecular formula is C12H24N2O3S. The summed E-state index contributed by atoms with van der Waals surface area (Å²) >= 11 is 0. The van der Waals surface area contributed by atoms with E-state index in [1.54, 1.807) is 13.2 Å². The highest BCUT2D eigenvalue weighted by atomic mass is 32.2. The molecule has 0 unspecified atom stereocenters. The molecule has 106 valence electrons. The fraction of sp³-hybridized carbons (Fsp3) is 0.833. The van der Waals surface area contributed by atoms with Gasteiger partial charge in [0.05, 0.1) is 12.4 Å². The molecule has 0 bridgehead atoms. The smallest absolute Gasteiger partial charge is 0.214 e. The summed E-state index contributed by atoms with van der Waals surface area (Å²) in [5, 5.41) is 3.24. The van der Waals surface area contributed by atoms with Crippen LogP contribution < -0.4 is 5.32 Å². The van der Waals surface area contributed by atoms with Crippen molar-refractivity contribution in [2.24, 2.45) is 5.92 Å². The Morgan fingerprint density at radius 3 is 2.67 bits per heavy atom. The van der Waals surface area contributed by atoms with Crippen LogP contribution >= 0.6 is 0 Å². The fourth-order valence-electron chi connectivity index (χ4n) is 2.13. The van der Waals surface area contributed by atoms with Crippen molar-refractivity contribution >= 4 is 10.0 Å². The molecule has 0 spiro atoms. The first-order chi connectivity index (χ1) is 8.60. The summed E-state index contributed by atoms with van der Waals surface area (Å²) in [6.45, 7) is 6.62. The molecule has 1 saturated heterocycles. The van der Waals surface area contributed by atoms with Crippen LogP contribution in [0.2, 0.25) is 0 Å². The van der Waals surface area contributed by atoms with E-state index >= 15 is 0 Å². The predicted molar refractivity (Wildman–Crippen MR) is 73.0 cm³/mol. The lowest BCUT2D eigenvalue weighted by Crippen LogP contribution is -2.40. The van der Waals surface area contributed by atoms with Gasteiger partial charge in [-0.3, -0.25) is 0 Å². The summed E-state index contributed by atoms with van der Waals surface area (Å²) in [6, 6.07) is 0. The maximum absolute atomic E-state index is 12.3. The molecule has 1 rings (SSSR count). The van der Waals surface area contributed by atoms with Gasteiger partial charge in [-0.15, -0.1) is 6.58 Å². The Balaban J connectivity index is 2.58. The zero-order valence-corrected chi connectivity index (χ0v) is 11.9. The Morgan fingerprint density at radius 1 is 1.44 bits per heavy atom. The second kappa shape index (κ2) is 7.89. The van der Waals surface area contributed by atoms with Gasteiger partial charge in [-0.05, 0) is 31.8 Å². The molecule has 0 aromatic heterocycles. The van der Waals surface area contributed by atoms with Gasteiger partial charge in [0.25, 0.3) is 0 Å². The van der Waals surface area contributed by atoms with Gasteiger partial charge in [0.15, 0.2) is 0 Å². The minimum Gasteiger partial charge on any atom is -0.383 e. The van der Waals surface area contributed by atoms with Crippen molar-refractivity contribution in [2.75, 3.05) is 45.6 Å². The molecule has 1 N–H and O–H groups in total. The molecule has 0 aromatic rings. The predicted octanol–water partition coefficient (Wildman–Crippen LogP) is 0.450. The summed E-state index contributed by atoms with van der Waals surface area (Å²) in [4.78, 5) is 0. The lowest BCUT2D eigenvalue weighted by atomic mass is 10.0. The van der Waals surface area contributed by atoms with Crippen LogP contribution in [-0.2, 0) is 14.8 Å². The largest absolute Gasteiger partial charge is 0.383 e. The van der Waals surface area contributed by atoms with Gasteiger partial charge in [-0.2, -0.15) is 4.31 Å². The Labute approximate surface area is 110 Å². The summed E-state index contributed by atoms with van der Waals surface area (Å²) in [5.74, 6) is 0.512. The van der Waals surface area contributed by atoms with Crippen molar-refractivity contribution in [2.45, 2.75) is 12.8 Å². The third-order valence-corrected chi connectivity index (χ3v) is 5.19. The van der Waals surface area contributed by atoms with Crippen LogP contribution in [0.15, 0.2) is 12.7 Å². The molecule has 0 aromatic carbocycles. The van der Waals surface area contributed by atoms with E-state index in [9.17, 15) is 8.42 Å². The highest BCUT2D eigenvalue weighted by molar-refractivity contribution is 7.89. The second-order valence-electron chi connectivity index (χ2n) is 4.61. The van der Waals surface area contributed by atoms with Crippen molar-refractivity contribution < 1.29 is 13.2 Å². The molecule has 1 aliphatic rings. The number of hydrogen-bond donors (Lipinski definition) is 1. The average Bonchev–Trinajstić information content (AvgIpc) is 2.35. The number of nitrogens with zero attached hydrogens (tertiary/aromatic N) is 1. The number of rotatable bonds is 8. The summed E-state index contributed by atoms with van der Waals surface area (Å²) in [5.41, 5.74) is 0. The molecule has 1 aliphatic heterocycles. The van der Waals surface area contributed by atoms with Crippen molar-refractivity contribution in [3.63, 3.8) is 0 Å². The standard InChI is InChI=1S/C12H24N2O3S/c1-3-8-14(9-10-17-2)18(15,16)11-12-4-6-13-7-5-12/h3,12-13H,1,4-11H2,2H3. The Bertz CT molecular complexity index is 337. The van der Waals surface area contributed by atoms with Gasteiger partial charge in [0.2, 0.25) is 10.0 Å². The van der Waals surface area contributed by atoms with Crippen LogP contribution in [0.25, 0.3) is 0 Å². The lowest BCUT2D eigenvalue weighted by molar-refractivity contribution is 0.181. The first-order valence-electron chi connectivity index (χ1n) is 6.38. The minimum atomic E-state index is -3.20. The van der Waals surface area contributed by atoms with Crippen LogP contribution in [0.1, 0.15) is 12.8 Å². The van der Waals surface area contributed by atoms with Gasteiger partial charge < -0.3 is 10.1 Å². The Morgan fingerprint density at radius 2 is 2.11 bits per heavy atom. The third-order valence-electron chi connectivity index (χ3n) is 3.18. The van der Waals surface area contributed by atoms with Crippen LogP contribution in [-0.4, -0.2) is 58.4 Å². The van der Waals surface area contributed by atoms with E-state index in [2.05, 4.69) is 11.9 Å². The third kappa shape index (κ3) is 5.06. The quantitative estimate of drug-likeness (QED) is 0.654. The molecule has 0 atom stereocenters. The van der Waals surface area contributed by atoms with Crippen molar-refractivity contribution in [1.29, 1.82) is 0 Å². The monoisotopic (exact) mass is 276 g/mol. The van der Waals surface area contributed by atoms with E-state index in [1.165, 1.54) is 4.31 Å². The molecule has 1 heterocycles. The number of methoxy groups -OCH3 is 1. The Hall–Kier alpha value is -0.430. The number of sulfonamides is 1. The maximum atomic E-state index is 12.3. The van der Waals surface area contributed by atoms with Gasteiger partial charge in [-0.1, -0.05) is 6.08 Å². The fourth-order valence-corrected chi connectivity index (χ4v) is 3.96. The van der Waals surface area contributed by atoms with Crippen LogP contribution in [0, 0.1) is 5.92 Å². The van der Waals surface area contributed by atoms with E-state index in [0.717, 1.165) is 25.9 Å².